The number of hydrogen-bond donors (Lipinski definition) is 1. The highest BCUT2D eigenvalue weighted by Crippen LogP contribution is 2.19. The van der Waals surface area contributed by atoms with Crippen LogP contribution < -0.4 is 5.32 Å². The van der Waals surface area contributed by atoms with Crippen LogP contribution in [0, 0.1) is 0 Å². The van der Waals surface area contributed by atoms with Gasteiger partial charge in [0, 0.05) is 19.0 Å². The van der Waals surface area contributed by atoms with Crippen molar-refractivity contribution in [3.05, 3.63) is 47.5 Å². The van der Waals surface area contributed by atoms with Crippen molar-refractivity contribution in [3.8, 4) is 0 Å². The second-order valence-electron chi connectivity index (χ2n) is 6.40. The minimum Gasteiger partial charge on any atom is -0.314 e. The van der Waals surface area contributed by atoms with Crippen molar-refractivity contribution in [1.29, 1.82) is 0 Å². The first-order valence-corrected chi connectivity index (χ1v) is 8.46. The van der Waals surface area contributed by atoms with Crippen molar-refractivity contribution in [2.24, 2.45) is 0 Å². The van der Waals surface area contributed by atoms with Crippen molar-refractivity contribution < 1.29 is 0 Å². The Bertz CT molecular complexity index is 590. The van der Waals surface area contributed by atoms with E-state index in [9.17, 15) is 0 Å². The van der Waals surface area contributed by atoms with Crippen molar-refractivity contribution in [3.63, 3.8) is 0 Å². The van der Waals surface area contributed by atoms with Crippen LogP contribution in [0.25, 0.3) is 0 Å². The molecule has 0 saturated heterocycles. The van der Waals surface area contributed by atoms with Gasteiger partial charge in [-0.2, -0.15) is 0 Å². The standard InChI is InChI=1S/C18H26N4/c1-14(11-12-16-8-4-3-5-9-16)19-15(2)18-21-20-17-10-6-7-13-22(17)18/h3-5,8-9,14-15,19H,6-7,10-13H2,1-2H3/t14-,15-/m1/s1. The number of nitrogens with zero attached hydrogens (tertiary/aromatic N) is 3. The Kier molecular flexibility index (Phi) is 4.88. The molecule has 2 atom stereocenters. The summed E-state index contributed by atoms with van der Waals surface area (Å²) in [5.74, 6) is 2.26. The van der Waals surface area contributed by atoms with Crippen LogP contribution in [-0.4, -0.2) is 20.8 Å². The molecule has 2 aromatic rings. The van der Waals surface area contributed by atoms with Gasteiger partial charge in [0.2, 0.25) is 0 Å². The summed E-state index contributed by atoms with van der Waals surface area (Å²) in [6, 6.07) is 11.4. The maximum atomic E-state index is 4.42. The Labute approximate surface area is 133 Å². The Balaban J connectivity index is 1.55. The number of aryl methyl sites for hydroxylation is 2. The molecule has 0 amide bonds. The molecule has 0 saturated carbocycles. The zero-order valence-electron chi connectivity index (χ0n) is 13.6. The molecule has 0 aliphatic carbocycles. The molecular formula is C18H26N4. The smallest absolute Gasteiger partial charge is 0.149 e. The molecule has 0 radical (unpaired) electrons. The molecule has 4 heteroatoms. The fraction of sp³-hybridized carbons (Fsp3) is 0.556. The van der Waals surface area contributed by atoms with E-state index in [0.29, 0.717) is 6.04 Å². The highest BCUT2D eigenvalue weighted by atomic mass is 15.3. The minimum atomic E-state index is 0.255. The van der Waals surface area contributed by atoms with E-state index >= 15 is 0 Å². The summed E-state index contributed by atoms with van der Waals surface area (Å²) in [6.45, 7) is 5.53. The lowest BCUT2D eigenvalue weighted by Crippen LogP contribution is -2.31. The number of aromatic nitrogens is 3. The summed E-state index contributed by atoms with van der Waals surface area (Å²) in [5, 5.41) is 12.5. The van der Waals surface area contributed by atoms with Gasteiger partial charge in [0.1, 0.15) is 11.6 Å². The number of benzene rings is 1. The molecule has 2 heterocycles. The van der Waals surface area contributed by atoms with E-state index in [4.69, 9.17) is 0 Å². The SMILES string of the molecule is C[C@H](CCc1ccccc1)N[C@H](C)c1nnc2n1CCCC2. The lowest BCUT2D eigenvalue weighted by Gasteiger charge is -2.22. The maximum absolute atomic E-state index is 4.42. The fourth-order valence-corrected chi connectivity index (χ4v) is 3.26. The van der Waals surface area contributed by atoms with Crippen LogP contribution >= 0.6 is 0 Å². The largest absolute Gasteiger partial charge is 0.314 e. The predicted molar refractivity (Wildman–Crippen MR) is 88.7 cm³/mol. The quantitative estimate of drug-likeness (QED) is 0.890. The summed E-state index contributed by atoms with van der Waals surface area (Å²) < 4.78 is 2.31. The van der Waals surface area contributed by atoms with E-state index < -0.39 is 0 Å². The first kappa shape index (κ1) is 15.2. The molecule has 0 bridgehead atoms. The van der Waals surface area contributed by atoms with E-state index in [1.165, 1.54) is 18.4 Å². The monoisotopic (exact) mass is 298 g/mol. The van der Waals surface area contributed by atoms with Crippen LogP contribution in [-0.2, 0) is 19.4 Å². The van der Waals surface area contributed by atoms with Gasteiger partial charge in [-0.25, -0.2) is 0 Å². The molecule has 4 nitrogen and oxygen atoms in total. The van der Waals surface area contributed by atoms with Crippen LogP contribution in [0.15, 0.2) is 30.3 Å². The summed E-state index contributed by atoms with van der Waals surface area (Å²) in [4.78, 5) is 0. The van der Waals surface area contributed by atoms with E-state index in [2.05, 4.69) is 64.3 Å². The zero-order valence-corrected chi connectivity index (χ0v) is 13.6. The lowest BCUT2D eigenvalue weighted by molar-refractivity contribution is 0.417. The van der Waals surface area contributed by atoms with Crippen molar-refractivity contribution >= 4 is 0 Å². The van der Waals surface area contributed by atoms with Crippen LogP contribution in [0.5, 0.6) is 0 Å². The van der Waals surface area contributed by atoms with Crippen LogP contribution in [0.4, 0.5) is 0 Å². The van der Waals surface area contributed by atoms with Crippen LogP contribution in [0.2, 0.25) is 0 Å². The minimum absolute atomic E-state index is 0.255. The molecule has 1 N–H and O–H groups in total. The van der Waals surface area contributed by atoms with Gasteiger partial charge in [-0.15, -0.1) is 10.2 Å². The third kappa shape index (κ3) is 3.55. The molecule has 1 aliphatic rings. The van der Waals surface area contributed by atoms with Gasteiger partial charge in [-0.3, -0.25) is 0 Å². The summed E-state index contributed by atoms with van der Waals surface area (Å²) >= 11 is 0. The first-order chi connectivity index (χ1) is 10.7. The molecule has 0 fully saturated rings. The molecule has 1 aromatic carbocycles. The average molecular weight is 298 g/mol. The Morgan fingerprint density at radius 2 is 1.95 bits per heavy atom. The molecule has 0 unspecified atom stereocenters. The van der Waals surface area contributed by atoms with E-state index in [1.54, 1.807) is 0 Å². The Hall–Kier alpha value is -1.68. The van der Waals surface area contributed by atoms with Gasteiger partial charge in [0.25, 0.3) is 0 Å². The highest BCUT2D eigenvalue weighted by molar-refractivity contribution is 5.14. The van der Waals surface area contributed by atoms with Gasteiger partial charge in [-0.05, 0) is 45.1 Å². The molecule has 1 aliphatic heterocycles. The van der Waals surface area contributed by atoms with Crippen molar-refractivity contribution in [1.82, 2.24) is 20.1 Å². The summed E-state index contributed by atoms with van der Waals surface area (Å²) in [5.41, 5.74) is 1.41. The molecule has 0 spiro atoms. The Morgan fingerprint density at radius 1 is 1.14 bits per heavy atom. The number of nitrogens with one attached hydrogen (secondary N) is 1. The molecule has 22 heavy (non-hydrogen) atoms. The van der Waals surface area contributed by atoms with Gasteiger partial charge in [0.15, 0.2) is 0 Å². The third-order valence-electron chi connectivity index (χ3n) is 4.52. The summed E-state index contributed by atoms with van der Waals surface area (Å²) in [7, 11) is 0. The summed E-state index contributed by atoms with van der Waals surface area (Å²) in [6.07, 6.45) is 5.81. The van der Waals surface area contributed by atoms with E-state index in [-0.39, 0.29) is 6.04 Å². The van der Waals surface area contributed by atoms with Crippen LogP contribution in [0.3, 0.4) is 0 Å². The van der Waals surface area contributed by atoms with Gasteiger partial charge in [-0.1, -0.05) is 30.3 Å². The van der Waals surface area contributed by atoms with Gasteiger partial charge < -0.3 is 9.88 Å². The predicted octanol–water partition coefficient (Wildman–Crippen LogP) is 3.29. The van der Waals surface area contributed by atoms with Crippen molar-refractivity contribution in [2.45, 2.75) is 64.6 Å². The fourth-order valence-electron chi connectivity index (χ4n) is 3.26. The first-order valence-electron chi connectivity index (χ1n) is 8.46. The molecule has 118 valence electrons. The number of hydrogen-bond acceptors (Lipinski definition) is 3. The van der Waals surface area contributed by atoms with E-state index in [1.807, 2.05) is 0 Å². The van der Waals surface area contributed by atoms with Crippen molar-refractivity contribution in [2.75, 3.05) is 0 Å². The number of rotatable bonds is 6. The Morgan fingerprint density at radius 3 is 2.77 bits per heavy atom. The second kappa shape index (κ2) is 7.05. The van der Waals surface area contributed by atoms with Gasteiger partial charge >= 0.3 is 0 Å². The van der Waals surface area contributed by atoms with E-state index in [0.717, 1.165) is 37.5 Å². The molecular weight excluding hydrogens is 272 g/mol. The third-order valence-corrected chi connectivity index (χ3v) is 4.52. The topological polar surface area (TPSA) is 42.7 Å². The average Bonchev–Trinajstić information content (AvgIpc) is 2.98. The second-order valence-corrected chi connectivity index (χ2v) is 6.40. The lowest BCUT2D eigenvalue weighted by atomic mass is 10.1. The van der Waals surface area contributed by atoms with Crippen LogP contribution in [0.1, 0.15) is 56.4 Å². The van der Waals surface area contributed by atoms with Gasteiger partial charge in [0.05, 0.1) is 6.04 Å². The molecule has 3 rings (SSSR count). The zero-order chi connectivity index (χ0) is 15.4. The highest BCUT2D eigenvalue weighted by Gasteiger charge is 2.20. The molecule has 1 aromatic heterocycles. The number of fused-ring (bicyclic) bond motifs is 1. The maximum Gasteiger partial charge on any atom is 0.149 e. The normalized spacial score (nSPS) is 17.0.